The fourth-order valence-corrected chi connectivity index (χ4v) is 1.60. The molecule has 132 valence electrons. The van der Waals surface area contributed by atoms with E-state index in [9.17, 15) is 24.3 Å². The molecule has 0 heterocycles. The van der Waals surface area contributed by atoms with E-state index in [2.05, 4.69) is 0 Å². The Balaban J connectivity index is 5.70. The molecule has 0 rings (SSSR count). The van der Waals surface area contributed by atoms with E-state index in [4.69, 9.17) is 15.6 Å². The molecule has 2 amide bonds. The van der Waals surface area contributed by atoms with Crippen molar-refractivity contribution in [2.45, 2.75) is 64.6 Å². The Morgan fingerprint density at radius 2 is 1.57 bits per heavy atom. The Kier molecular flexibility index (Phi) is 6.71. The Labute approximate surface area is 134 Å². The van der Waals surface area contributed by atoms with Crippen molar-refractivity contribution < 1.29 is 34.1 Å². The predicted octanol–water partition coefficient (Wildman–Crippen LogP) is 0.805. The summed E-state index contributed by atoms with van der Waals surface area (Å²) in [6.45, 7) is 7.27. The first-order chi connectivity index (χ1) is 10.2. The lowest BCUT2D eigenvalue weighted by atomic mass is 10.0. The predicted molar refractivity (Wildman–Crippen MR) is 79.6 cm³/mol. The quantitative estimate of drug-likeness (QED) is 0.647. The molecular weight excluding hydrogens is 308 g/mol. The van der Waals surface area contributed by atoms with E-state index < -0.39 is 54.0 Å². The van der Waals surface area contributed by atoms with Crippen molar-refractivity contribution in [3.05, 3.63) is 0 Å². The maximum Gasteiger partial charge on any atom is 0.417 e. The average Bonchev–Trinajstić information content (AvgIpc) is 2.29. The van der Waals surface area contributed by atoms with Crippen molar-refractivity contribution in [1.29, 1.82) is 0 Å². The minimum Gasteiger partial charge on any atom is -0.481 e. The minimum atomic E-state index is -1.68. The van der Waals surface area contributed by atoms with Crippen LogP contribution in [0.4, 0.5) is 4.79 Å². The highest BCUT2D eigenvalue weighted by Crippen LogP contribution is 2.18. The number of carbonyl (C=O) groups excluding carboxylic acids is 2. The van der Waals surface area contributed by atoms with Crippen LogP contribution in [0.25, 0.3) is 0 Å². The third-order valence-corrected chi connectivity index (χ3v) is 2.59. The molecule has 0 aromatic rings. The van der Waals surface area contributed by atoms with Gasteiger partial charge in [0.15, 0.2) is 0 Å². The van der Waals surface area contributed by atoms with E-state index in [1.807, 2.05) is 0 Å². The smallest absolute Gasteiger partial charge is 0.417 e. The van der Waals surface area contributed by atoms with Gasteiger partial charge in [-0.15, -0.1) is 0 Å². The number of ether oxygens (including phenoxy) is 1. The van der Waals surface area contributed by atoms with Gasteiger partial charge >= 0.3 is 18.0 Å². The van der Waals surface area contributed by atoms with E-state index in [0.717, 1.165) is 0 Å². The molecule has 0 aliphatic carbocycles. The zero-order valence-electron chi connectivity index (χ0n) is 14.0. The molecule has 23 heavy (non-hydrogen) atoms. The number of carboxylic acid groups (broad SMARTS) is 2. The summed E-state index contributed by atoms with van der Waals surface area (Å²) in [5, 5.41) is 18.0. The van der Waals surface area contributed by atoms with Crippen molar-refractivity contribution >= 4 is 23.9 Å². The molecule has 0 aromatic heterocycles. The number of carboxylic acids is 2. The Hall–Kier alpha value is -2.16. The van der Waals surface area contributed by atoms with Gasteiger partial charge in [-0.05, 0) is 41.0 Å². The van der Waals surface area contributed by atoms with Crippen LogP contribution in [-0.4, -0.2) is 56.2 Å². The fraction of sp³-hybridized carbons (Fsp3) is 0.714. The van der Waals surface area contributed by atoms with Crippen molar-refractivity contribution in [2.24, 2.45) is 5.73 Å². The van der Waals surface area contributed by atoms with E-state index >= 15 is 0 Å². The van der Waals surface area contributed by atoms with Gasteiger partial charge in [-0.1, -0.05) is 0 Å². The summed E-state index contributed by atoms with van der Waals surface area (Å²) in [4.78, 5) is 47.1. The number of carbonyl (C=O) groups is 4. The van der Waals surface area contributed by atoms with Gasteiger partial charge in [-0.2, -0.15) is 0 Å². The van der Waals surface area contributed by atoms with E-state index in [-0.39, 0.29) is 0 Å². The molecule has 0 aliphatic heterocycles. The number of amides is 2. The molecule has 0 unspecified atom stereocenters. The number of hydrogen-bond acceptors (Lipinski definition) is 6. The summed E-state index contributed by atoms with van der Waals surface area (Å²) in [6, 6.07) is -1.68. The lowest BCUT2D eigenvalue weighted by Gasteiger charge is -2.33. The molecule has 0 aliphatic rings. The Morgan fingerprint density at radius 3 is 1.87 bits per heavy atom. The monoisotopic (exact) mass is 332 g/mol. The van der Waals surface area contributed by atoms with Crippen LogP contribution >= 0.6 is 0 Å². The lowest BCUT2D eigenvalue weighted by Crippen LogP contribution is -2.59. The summed E-state index contributed by atoms with van der Waals surface area (Å²) >= 11 is 0. The van der Waals surface area contributed by atoms with Crippen LogP contribution in [0.3, 0.4) is 0 Å². The summed E-state index contributed by atoms with van der Waals surface area (Å²) in [5.41, 5.74) is 3.17. The molecule has 0 radical (unpaired) electrons. The van der Waals surface area contributed by atoms with E-state index in [0.29, 0.717) is 4.90 Å². The van der Waals surface area contributed by atoms with Crippen molar-refractivity contribution in [1.82, 2.24) is 4.90 Å². The summed E-state index contributed by atoms with van der Waals surface area (Å²) in [7, 11) is 0. The van der Waals surface area contributed by atoms with Crippen molar-refractivity contribution in [2.75, 3.05) is 0 Å². The first-order valence-electron chi connectivity index (χ1n) is 6.97. The molecule has 0 saturated carbocycles. The minimum absolute atomic E-state index is 0.385. The van der Waals surface area contributed by atoms with E-state index in [1.165, 1.54) is 13.8 Å². The van der Waals surface area contributed by atoms with Gasteiger partial charge in [-0.3, -0.25) is 9.59 Å². The van der Waals surface area contributed by atoms with Crippen LogP contribution in [0, 0.1) is 0 Å². The van der Waals surface area contributed by atoms with Crippen LogP contribution in [0.15, 0.2) is 0 Å². The molecule has 1 atom stereocenters. The zero-order chi connectivity index (χ0) is 18.6. The van der Waals surface area contributed by atoms with Gasteiger partial charge in [0.25, 0.3) is 5.91 Å². The SMILES string of the molecule is CC(C)(C)OC(=O)N(C(=O)C(C)(C)N)[C@@H](CCC(=O)O)C(=O)O. The van der Waals surface area contributed by atoms with Crippen LogP contribution < -0.4 is 5.73 Å². The third-order valence-electron chi connectivity index (χ3n) is 2.59. The molecule has 0 fully saturated rings. The first kappa shape index (κ1) is 20.8. The number of nitrogens with zero attached hydrogens (tertiary/aromatic N) is 1. The summed E-state index contributed by atoms with van der Waals surface area (Å²) < 4.78 is 5.05. The van der Waals surface area contributed by atoms with Gasteiger partial charge < -0.3 is 20.7 Å². The molecule has 9 heteroatoms. The molecule has 0 aromatic carbocycles. The van der Waals surface area contributed by atoms with Crippen molar-refractivity contribution in [3.63, 3.8) is 0 Å². The topological polar surface area (TPSA) is 147 Å². The molecule has 0 bridgehead atoms. The third kappa shape index (κ3) is 7.09. The highest BCUT2D eigenvalue weighted by molar-refractivity contribution is 6.00. The normalized spacial score (nSPS) is 13.1. The van der Waals surface area contributed by atoms with Gasteiger partial charge in [-0.25, -0.2) is 14.5 Å². The zero-order valence-corrected chi connectivity index (χ0v) is 14.0. The standard InChI is InChI=1S/C14H24N2O7/c1-13(2,3)23-12(22)16(11(21)14(4,5)15)8(10(19)20)6-7-9(17)18/h8H,6-7,15H2,1-5H3,(H,17,18)(H,19,20)/t8-/m0/s1. The van der Waals surface area contributed by atoms with Crippen molar-refractivity contribution in [3.8, 4) is 0 Å². The van der Waals surface area contributed by atoms with Gasteiger partial charge in [0.05, 0.1) is 5.54 Å². The molecule has 0 saturated heterocycles. The lowest BCUT2D eigenvalue weighted by molar-refractivity contribution is -0.152. The number of hydrogen-bond donors (Lipinski definition) is 3. The van der Waals surface area contributed by atoms with Crippen LogP contribution in [0.5, 0.6) is 0 Å². The Bertz CT molecular complexity index is 488. The number of rotatable bonds is 6. The number of aliphatic carboxylic acids is 2. The van der Waals surface area contributed by atoms with Gasteiger partial charge in [0, 0.05) is 6.42 Å². The molecule has 4 N–H and O–H groups in total. The summed E-state index contributed by atoms with van der Waals surface area (Å²) in [5.74, 6) is -3.74. The van der Waals surface area contributed by atoms with E-state index in [1.54, 1.807) is 20.8 Å². The molecule has 0 spiro atoms. The molecule has 9 nitrogen and oxygen atoms in total. The summed E-state index contributed by atoms with van der Waals surface area (Å²) in [6.07, 6.45) is -2.17. The highest BCUT2D eigenvalue weighted by Gasteiger charge is 2.42. The largest absolute Gasteiger partial charge is 0.481 e. The average molecular weight is 332 g/mol. The number of nitrogens with two attached hydrogens (primary N) is 1. The number of imide groups is 1. The maximum atomic E-state index is 12.4. The van der Waals surface area contributed by atoms with Gasteiger partial charge in [0.1, 0.15) is 11.6 Å². The van der Waals surface area contributed by atoms with Gasteiger partial charge in [0.2, 0.25) is 0 Å². The van der Waals surface area contributed by atoms with Crippen LogP contribution in [0.2, 0.25) is 0 Å². The second kappa shape index (κ2) is 7.40. The highest BCUT2D eigenvalue weighted by atomic mass is 16.6. The Morgan fingerprint density at radius 1 is 1.09 bits per heavy atom. The molecular formula is C14H24N2O7. The van der Waals surface area contributed by atoms with Crippen LogP contribution in [-0.2, 0) is 19.1 Å². The maximum absolute atomic E-state index is 12.4. The first-order valence-corrected chi connectivity index (χ1v) is 6.97. The second-order valence-electron chi connectivity index (χ2n) is 6.66. The fourth-order valence-electron chi connectivity index (χ4n) is 1.60. The van der Waals surface area contributed by atoms with Crippen LogP contribution in [0.1, 0.15) is 47.5 Å². The second-order valence-corrected chi connectivity index (χ2v) is 6.66.